The van der Waals surface area contributed by atoms with Gasteiger partial charge in [0.1, 0.15) is 6.10 Å². The molecule has 0 amide bonds. The van der Waals surface area contributed by atoms with Crippen molar-refractivity contribution >= 4 is 23.1 Å². The Morgan fingerprint density at radius 3 is 2.97 bits per heavy atom. The van der Waals surface area contributed by atoms with E-state index < -0.39 is 6.10 Å². The van der Waals surface area contributed by atoms with Gasteiger partial charge in [-0.25, -0.2) is 0 Å². The zero-order valence-electron chi connectivity index (χ0n) is 18.8. The van der Waals surface area contributed by atoms with Crippen molar-refractivity contribution in [3.8, 4) is 11.1 Å². The zero-order chi connectivity index (χ0) is 22.6. The first-order chi connectivity index (χ1) is 15.4. The molecule has 0 saturated carbocycles. The summed E-state index contributed by atoms with van der Waals surface area (Å²) in [5, 5.41) is 7.34. The van der Waals surface area contributed by atoms with Crippen LogP contribution >= 0.6 is 11.6 Å². The number of anilines is 1. The highest BCUT2D eigenvalue weighted by atomic mass is 35.5. The number of halogens is 1. The standard InChI is InChI=1S/C25H32ClN3O3/c1-25(2)13-17(6-8-32-25)14-28-19-5-3-4-18(10-19)21-11-20(29-15-22(21)26)12-23(30)24-16-27-7-9-31-24/h3-5,10-11,15,17,24,27-28H,6-9,12-14,16H2,1-2H3/t17-,24-/m1/s1. The van der Waals surface area contributed by atoms with Crippen LogP contribution in [0.3, 0.4) is 0 Å². The fraction of sp³-hybridized carbons (Fsp3) is 0.520. The molecule has 2 atom stereocenters. The molecule has 3 heterocycles. The minimum atomic E-state index is -0.410. The number of hydrogen-bond acceptors (Lipinski definition) is 6. The predicted octanol–water partition coefficient (Wildman–Crippen LogP) is 4.12. The van der Waals surface area contributed by atoms with Gasteiger partial charge in [0.25, 0.3) is 0 Å². The first-order valence-electron chi connectivity index (χ1n) is 11.4. The second-order valence-electron chi connectivity index (χ2n) is 9.29. The van der Waals surface area contributed by atoms with E-state index in [4.69, 9.17) is 21.1 Å². The summed E-state index contributed by atoms with van der Waals surface area (Å²) in [6.45, 7) is 7.93. The molecule has 2 aliphatic rings. The number of hydrogen-bond donors (Lipinski definition) is 2. The summed E-state index contributed by atoms with van der Waals surface area (Å²) in [6, 6.07) is 10.1. The van der Waals surface area contributed by atoms with Gasteiger partial charge in [-0.3, -0.25) is 9.78 Å². The molecule has 1 aromatic carbocycles. The molecule has 2 fully saturated rings. The van der Waals surface area contributed by atoms with Crippen LogP contribution in [0.1, 0.15) is 32.4 Å². The molecule has 4 rings (SSSR count). The Morgan fingerprint density at radius 2 is 2.19 bits per heavy atom. The Hall–Kier alpha value is -1.99. The molecule has 0 bridgehead atoms. The number of ether oxygens (including phenoxy) is 2. The van der Waals surface area contributed by atoms with E-state index in [0.29, 0.717) is 29.8 Å². The lowest BCUT2D eigenvalue weighted by molar-refractivity contribution is -0.131. The fourth-order valence-electron chi connectivity index (χ4n) is 4.46. The summed E-state index contributed by atoms with van der Waals surface area (Å²) < 4.78 is 11.4. The van der Waals surface area contributed by atoms with Crippen molar-refractivity contribution < 1.29 is 14.3 Å². The smallest absolute Gasteiger partial charge is 0.168 e. The van der Waals surface area contributed by atoms with Crippen LogP contribution in [0.2, 0.25) is 5.02 Å². The van der Waals surface area contributed by atoms with Crippen molar-refractivity contribution in [2.24, 2.45) is 5.92 Å². The third-order valence-electron chi connectivity index (χ3n) is 6.12. The first-order valence-corrected chi connectivity index (χ1v) is 11.8. The topological polar surface area (TPSA) is 72.5 Å². The third kappa shape index (κ3) is 6.07. The number of pyridine rings is 1. The van der Waals surface area contributed by atoms with Gasteiger partial charge in [0.2, 0.25) is 0 Å². The average molecular weight is 458 g/mol. The quantitative estimate of drug-likeness (QED) is 0.651. The van der Waals surface area contributed by atoms with Crippen molar-refractivity contribution in [2.45, 2.75) is 44.8 Å². The van der Waals surface area contributed by atoms with Crippen molar-refractivity contribution in [1.29, 1.82) is 0 Å². The highest BCUT2D eigenvalue weighted by molar-refractivity contribution is 6.33. The van der Waals surface area contributed by atoms with E-state index in [2.05, 4.69) is 41.6 Å². The van der Waals surface area contributed by atoms with Crippen molar-refractivity contribution in [1.82, 2.24) is 10.3 Å². The highest BCUT2D eigenvalue weighted by Gasteiger charge is 2.28. The SMILES string of the molecule is CC1(C)C[C@H](CNc2cccc(-c3cc(CC(=O)[C@H]4CNCCO4)ncc3Cl)c2)CCO1. The molecule has 1 aromatic heterocycles. The van der Waals surface area contributed by atoms with Gasteiger partial charge in [0, 0.05) is 49.4 Å². The first kappa shape index (κ1) is 23.2. The number of Topliss-reactive ketones (excluding diaryl/α,β-unsaturated/α-hetero) is 1. The van der Waals surface area contributed by atoms with Crippen LogP contribution in [-0.2, 0) is 20.7 Å². The number of nitrogens with zero attached hydrogens (tertiary/aromatic N) is 1. The van der Waals surface area contributed by atoms with Crippen LogP contribution in [-0.4, -0.2) is 55.3 Å². The number of aromatic nitrogens is 1. The number of ketones is 1. The molecule has 32 heavy (non-hydrogen) atoms. The highest BCUT2D eigenvalue weighted by Crippen LogP contribution is 2.31. The lowest BCUT2D eigenvalue weighted by atomic mass is 9.88. The van der Waals surface area contributed by atoms with Crippen LogP contribution in [0.25, 0.3) is 11.1 Å². The third-order valence-corrected chi connectivity index (χ3v) is 6.42. The Kier molecular flexibility index (Phi) is 7.46. The molecule has 6 nitrogen and oxygen atoms in total. The Balaban J connectivity index is 1.43. The van der Waals surface area contributed by atoms with Gasteiger partial charge in [0.15, 0.2) is 5.78 Å². The van der Waals surface area contributed by atoms with Gasteiger partial charge >= 0.3 is 0 Å². The second kappa shape index (κ2) is 10.3. The number of carbonyl (C=O) groups excluding carboxylic acids is 1. The molecule has 2 saturated heterocycles. The van der Waals surface area contributed by atoms with E-state index in [-0.39, 0.29) is 17.8 Å². The van der Waals surface area contributed by atoms with E-state index in [1.807, 2.05) is 18.2 Å². The van der Waals surface area contributed by atoms with E-state index in [1.165, 1.54) is 0 Å². The summed E-state index contributed by atoms with van der Waals surface area (Å²) in [4.78, 5) is 17.0. The van der Waals surface area contributed by atoms with Gasteiger partial charge < -0.3 is 20.1 Å². The fourth-order valence-corrected chi connectivity index (χ4v) is 4.67. The molecular formula is C25H32ClN3O3. The molecule has 0 unspecified atom stereocenters. The van der Waals surface area contributed by atoms with Gasteiger partial charge in [0.05, 0.1) is 23.7 Å². The summed E-state index contributed by atoms with van der Waals surface area (Å²) in [6.07, 6.45) is 3.57. The van der Waals surface area contributed by atoms with E-state index in [1.54, 1.807) is 6.20 Å². The molecule has 172 valence electrons. The van der Waals surface area contributed by atoms with E-state index in [9.17, 15) is 4.79 Å². The molecule has 2 aromatic rings. The lowest BCUT2D eigenvalue weighted by Crippen LogP contribution is -2.43. The maximum atomic E-state index is 12.6. The summed E-state index contributed by atoms with van der Waals surface area (Å²) in [5.41, 5.74) is 3.58. The van der Waals surface area contributed by atoms with Crippen LogP contribution in [0.5, 0.6) is 0 Å². The number of nitrogens with one attached hydrogen (secondary N) is 2. The minimum Gasteiger partial charge on any atom is -0.385 e. The van der Waals surface area contributed by atoms with Gasteiger partial charge in [-0.05, 0) is 56.4 Å². The molecule has 2 aliphatic heterocycles. The van der Waals surface area contributed by atoms with Crippen LogP contribution < -0.4 is 10.6 Å². The molecule has 0 aliphatic carbocycles. The Labute approximate surface area is 195 Å². The number of benzene rings is 1. The van der Waals surface area contributed by atoms with Crippen molar-refractivity contribution in [3.05, 3.63) is 47.2 Å². The average Bonchev–Trinajstić information content (AvgIpc) is 2.79. The number of rotatable bonds is 7. The van der Waals surface area contributed by atoms with Crippen LogP contribution in [0.15, 0.2) is 36.5 Å². The van der Waals surface area contributed by atoms with Gasteiger partial charge in [-0.1, -0.05) is 23.7 Å². The summed E-state index contributed by atoms with van der Waals surface area (Å²) in [5.74, 6) is 0.619. The monoisotopic (exact) mass is 457 g/mol. The molecule has 7 heteroatoms. The predicted molar refractivity (Wildman–Crippen MR) is 127 cm³/mol. The van der Waals surface area contributed by atoms with Crippen molar-refractivity contribution in [3.63, 3.8) is 0 Å². The lowest BCUT2D eigenvalue weighted by Gasteiger charge is -2.35. The minimum absolute atomic E-state index is 0.0350. The molecular weight excluding hydrogens is 426 g/mol. The van der Waals surface area contributed by atoms with E-state index in [0.717, 1.165) is 49.4 Å². The summed E-state index contributed by atoms with van der Waals surface area (Å²) >= 11 is 6.48. The molecule has 2 N–H and O–H groups in total. The largest absolute Gasteiger partial charge is 0.385 e. The maximum Gasteiger partial charge on any atom is 0.168 e. The van der Waals surface area contributed by atoms with E-state index >= 15 is 0 Å². The molecule has 0 spiro atoms. The zero-order valence-corrected chi connectivity index (χ0v) is 19.6. The summed E-state index contributed by atoms with van der Waals surface area (Å²) in [7, 11) is 0. The Morgan fingerprint density at radius 1 is 1.31 bits per heavy atom. The van der Waals surface area contributed by atoms with Gasteiger partial charge in [-0.2, -0.15) is 0 Å². The number of morpholine rings is 1. The van der Waals surface area contributed by atoms with Crippen LogP contribution in [0, 0.1) is 5.92 Å². The maximum absolute atomic E-state index is 12.6. The number of carbonyl (C=O) groups is 1. The molecule has 0 radical (unpaired) electrons. The Bertz CT molecular complexity index is 944. The second-order valence-corrected chi connectivity index (χ2v) is 9.70. The van der Waals surface area contributed by atoms with Crippen LogP contribution in [0.4, 0.5) is 5.69 Å². The van der Waals surface area contributed by atoms with Crippen molar-refractivity contribution in [2.75, 3.05) is 38.2 Å². The normalized spacial score (nSPS) is 23.0. The van der Waals surface area contributed by atoms with Gasteiger partial charge in [-0.15, -0.1) is 0 Å².